The summed E-state index contributed by atoms with van der Waals surface area (Å²) in [5.74, 6) is 0.304. The molecule has 3 nitrogen and oxygen atoms in total. The molecule has 1 saturated heterocycles. The Kier molecular flexibility index (Phi) is 3.23. The third-order valence-electron chi connectivity index (χ3n) is 6.34. The lowest BCUT2D eigenvalue weighted by Crippen LogP contribution is -2.60. The molecule has 3 rings (SSSR count). The van der Waals surface area contributed by atoms with Gasteiger partial charge in [0.05, 0.1) is 19.8 Å². The molecule has 19 heavy (non-hydrogen) atoms. The van der Waals surface area contributed by atoms with E-state index < -0.39 is 5.79 Å². The highest BCUT2D eigenvalue weighted by Crippen LogP contribution is 2.63. The number of aliphatic hydroxyl groups is 1. The normalized spacial score (nSPS) is 44.2. The number of hydrogen-bond acceptors (Lipinski definition) is 3. The van der Waals surface area contributed by atoms with Crippen LogP contribution in [0.15, 0.2) is 0 Å². The molecule has 3 atom stereocenters. The van der Waals surface area contributed by atoms with E-state index in [0.29, 0.717) is 24.5 Å². The molecule has 1 spiro atoms. The van der Waals surface area contributed by atoms with Gasteiger partial charge >= 0.3 is 0 Å². The molecule has 0 bridgehead atoms. The summed E-state index contributed by atoms with van der Waals surface area (Å²) in [7, 11) is 0. The van der Waals surface area contributed by atoms with E-state index in [-0.39, 0.29) is 17.9 Å². The lowest BCUT2D eigenvalue weighted by molar-refractivity contribution is -0.278. The molecule has 3 fully saturated rings. The first-order valence-electron chi connectivity index (χ1n) is 7.83. The Balaban J connectivity index is 1.96. The van der Waals surface area contributed by atoms with Gasteiger partial charge in [-0.1, -0.05) is 27.2 Å². The molecule has 1 N–H and O–H groups in total. The van der Waals surface area contributed by atoms with Gasteiger partial charge in [0.2, 0.25) is 0 Å². The van der Waals surface area contributed by atoms with E-state index >= 15 is 0 Å². The number of rotatable bonds is 1. The van der Waals surface area contributed by atoms with Gasteiger partial charge in [-0.05, 0) is 36.0 Å². The second-order valence-corrected chi connectivity index (χ2v) is 7.68. The zero-order chi connectivity index (χ0) is 13.7. The van der Waals surface area contributed by atoms with Gasteiger partial charge in [0, 0.05) is 12.3 Å². The molecule has 0 aromatic carbocycles. The summed E-state index contributed by atoms with van der Waals surface area (Å²) < 4.78 is 12.0. The van der Waals surface area contributed by atoms with Gasteiger partial charge in [0.25, 0.3) is 0 Å². The van der Waals surface area contributed by atoms with Crippen LogP contribution in [-0.4, -0.2) is 30.7 Å². The van der Waals surface area contributed by atoms with Crippen molar-refractivity contribution in [1.29, 1.82) is 0 Å². The molecule has 0 aromatic rings. The van der Waals surface area contributed by atoms with Crippen LogP contribution in [0.3, 0.4) is 0 Å². The van der Waals surface area contributed by atoms with Gasteiger partial charge in [0.1, 0.15) is 0 Å². The van der Waals surface area contributed by atoms with Gasteiger partial charge in [-0.3, -0.25) is 0 Å². The average Bonchev–Trinajstić information content (AvgIpc) is 2.77. The van der Waals surface area contributed by atoms with Crippen molar-refractivity contribution >= 4 is 0 Å². The fraction of sp³-hybridized carbons (Fsp3) is 1.00. The Bertz CT molecular complexity index is 346. The Labute approximate surface area is 116 Å². The highest BCUT2D eigenvalue weighted by Gasteiger charge is 2.61. The summed E-state index contributed by atoms with van der Waals surface area (Å²) in [6.45, 7) is 8.71. The van der Waals surface area contributed by atoms with Gasteiger partial charge in [-0.15, -0.1) is 0 Å². The summed E-state index contributed by atoms with van der Waals surface area (Å²) in [6, 6.07) is 0. The molecule has 0 unspecified atom stereocenters. The molecule has 110 valence electrons. The first kappa shape index (κ1) is 13.8. The molecule has 1 heterocycles. The van der Waals surface area contributed by atoms with E-state index in [9.17, 15) is 5.11 Å². The lowest BCUT2D eigenvalue weighted by Gasteiger charge is -2.60. The molecule has 0 aromatic heterocycles. The van der Waals surface area contributed by atoms with E-state index in [1.54, 1.807) is 0 Å². The zero-order valence-corrected chi connectivity index (χ0v) is 12.6. The smallest absolute Gasteiger partial charge is 0.174 e. The van der Waals surface area contributed by atoms with Gasteiger partial charge < -0.3 is 14.6 Å². The third-order valence-corrected chi connectivity index (χ3v) is 6.34. The molecule has 1 aliphatic heterocycles. The minimum atomic E-state index is -0.493. The fourth-order valence-electron chi connectivity index (χ4n) is 5.49. The predicted octanol–water partition coefficient (Wildman–Crippen LogP) is 2.96. The zero-order valence-electron chi connectivity index (χ0n) is 12.6. The first-order valence-corrected chi connectivity index (χ1v) is 7.83. The van der Waals surface area contributed by atoms with Crippen LogP contribution in [0.25, 0.3) is 0 Å². The van der Waals surface area contributed by atoms with Crippen LogP contribution in [0.2, 0.25) is 0 Å². The van der Waals surface area contributed by atoms with Crippen LogP contribution in [0.5, 0.6) is 0 Å². The van der Waals surface area contributed by atoms with Crippen molar-refractivity contribution < 1.29 is 14.6 Å². The van der Waals surface area contributed by atoms with Gasteiger partial charge in [0.15, 0.2) is 5.79 Å². The molecule has 2 saturated carbocycles. The number of fused-ring (bicyclic) bond motifs is 1. The van der Waals surface area contributed by atoms with Crippen LogP contribution in [0.4, 0.5) is 0 Å². The minimum absolute atomic E-state index is 0.126. The summed E-state index contributed by atoms with van der Waals surface area (Å²) in [5, 5.41) is 10.0. The largest absolute Gasteiger partial charge is 0.396 e. The Morgan fingerprint density at radius 3 is 2.37 bits per heavy atom. The maximum atomic E-state index is 10.0. The maximum absolute atomic E-state index is 10.0. The molecule has 3 aliphatic rings. The maximum Gasteiger partial charge on any atom is 0.174 e. The summed E-state index contributed by atoms with van der Waals surface area (Å²) in [6.07, 6.45) is 5.87. The standard InChI is InChI=1S/C16H28O3/c1-14(2)6-4-7-15(3)12(14)5-8-16(13(15)11-17)18-9-10-19-16/h12-13,17H,4-11H2,1-3H3/t12-,13+,15-/m0/s1. The van der Waals surface area contributed by atoms with Gasteiger partial charge in [-0.25, -0.2) is 0 Å². The molecule has 2 aliphatic carbocycles. The van der Waals surface area contributed by atoms with Crippen molar-refractivity contribution in [3.63, 3.8) is 0 Å². The quantitative estimate of drug-likeness (QED) is 0.794. The second-order valence-electron chi connectivity index (χ2n) is 7.68. The van der Waals surface area contributed by atoms with E-state index in [0.717, 1.165) is 6.42 Å². The summed E-state index contributed by atoms with van der Waals surface area (Å²) in [4.78, 5) is 0. The SMILES string of the molecule is CC1(C)CCC[C@@]2(C)[C@H]1CCC1(OCCO1)[C@@H]2CO. The summed E-state index contributed by atoms with van der Waals surface area (Å²) in [5.41, 5.74) is 0.528. The van der Waals surface area contributed by atoms with Crippen molar-refractivity contribution in [2.75, 3.05) is 19.8 Å². The van der Waals surface area contributed by atoms with Crippen molar-refractivity contribution in [3.8, 4) is 0 Å². The Morgan fingerprint density at radius 1 is 1.05 bits per heavy atom. The van der Waals surface area contributed by atoms with Crippen LogP contribution in [0.1, 0.15) is 52.9 Å². The molecule has 0 amide bonds. The first-order chi connectivity index (χ1) is 8.95. The predicted molar refractivity (Wildman–Crippen MR) is 73.7 cm³/mol. The molecular weight excluding hydrogens is 240 g/mol. The summed E-state index contributed by atoms with van der Waals surface area (Å²) >= 11 is 0. The van der Waals surface area contributed by atoms with E-state index in [1.165, 1.54) is 25.7 Å². The third kappa shape index (κ3) is 1.89. The second kappa shape index (κ2) is 4.44. The molecular formula is C16H28O3. The Morgan fingerprint density at radius 2 is 1.74 bits per heavy atom. The lowest BCUT2D eigenvalue weighted by atomic mass is 9.47. The molecule has 3 heteroatoms. The number of hydrogen-bond donors (Lipinski definition) is 1. The van der Waals surface area contributed by atoms with E-state index in [2.05, 4.69) is 20.8 Å². The fourth-order valence-corrected chi connectivity index (χ4v) is 5.49. The van der Waals surface area contributed by atoms with Crippen molar-refractivity contribution in [1.82, 2.24) is 0 Å². The van der Waals surface area contributed by atoms with Crippen LogP contribution in [0, 0.1) is 22.7 Å². The van der Waals surface area contributed by atoms with Crippen LogP contribution >= 0.6 is 0 Å². The number of ether oxygens (including phenoxy) is 2. The topological polar surface area (TPSA) is 38.7 Å². The van der Waals surface area contributed by atoms with Crippen molar-refractivity contribution in [2.24, 2.45) is 22.7 Å². The van der Waals surface area contributed by atoms with E-state index in [1.807, 2.05) is 0 Å². The van der Waals surface area contributed by atoms with Gasteiger partial charge in [-0.2, -0.15) is 0 Å². The highest BCUT2D eigenvalue weighted by molar-refractivity contribution is 5.07. The van der Waals surface area contributed by atoms with Crippen molar-refractivity contribution in [3.05, 3.63) is 0 Å². The Hall–Kier alpha value is -0.120. The molecule has 0 radical (unpaired) electrons. The van der Waals surface area contributed by atoms with Crippen LogP contribution in [-0.2, 0) is 9.47 Å². The number of aliphatic hydroxyl groups excluding tert-OH is 1. The van der Waals surface area contributed by atoms with Crippen LogP contribution < -0.4 is 0 Å². The van der Waals surface area contributed by atoms with Crippen molar-refractivity contribution in [2.45, 2.75) is 58.7 Å². The minimum Gasteiger partial charge on any atom is -0.396 e. The average molecular weight is 268 g/mol. The highest BCUT2D eigenvalue weighted by atomic mass is 16.7. The monoisotopic (exact) mass is 268 g/mol. The van der Waals surface area contributed by atoms with E-state index in [4.69, 9.17) is 9.47 Å².